The molecule has 7 nitrogen and oxygen atoms in total. The highest BCUT2D eigenvalue weighted by atomic mass is 32.1. The Morgan fingerprint density at radius 1 is 1.09 bits per heavy atom. The molecule has 3 fully saturated rings. The van der Waals surface area contributed by atoms with E-state index < -0.39 is 6.17 Å². The molecule has 0 radical (unpaired) electrons. The molecular weight excluding hydrogens is 451 g/mol. The van der Waals surface area contributed by atoms with Crippen LogP contribution in [0.5, 0.6) is 5.75 Å². The summed E-state index contributed by atoms with van der Waals surface area (Å²) in [6, 6.07) is 7.39. The number of benzene rings is 1. The van der Waals surface area contributed by atoms with E-state index >= 15 is 4.39 Å². The number of halogens is 1. The maximum Gasteiger partial charge on any atom is 0.245 e. The molecule has 3 saturated carbocycles. The van der Waals surface area contributed by atoms with Crippen molar-refractivity contribution >= 4 is 17.3 Å². The van der Waals surface area contributed by atoms with Crippen LogP contribution in [0.2, 0.25) is 0 Å². The lowest BCUT2D eigenvalue weighted by atomic mass is 9.69. The maximum absolute atomic E-state index is 15.5. The van der Waals surface area contributed by atoms with E-state index in [-0.39, 0.29) is 17.7 Å². The molecule has 6 rings (SSSR count). The number of nitrogens with zero attached hydrogens (tertiary/aromatic N) is 6. The number of nitriles is 1. The number of hydrogen-bond donors (Lipinski definition) is 1. The van der Waals surface area contributed by atoms with Gasteiger partial charge in [0, 0.05) is 17.8 Å². The van der Waals surface area contributed by atoms with Crippen molar-refractivity contribution in [2.75, 3.05) is 4.90 Å². The molecule has 0 saturated heterocycles. The Bertz CT molecular complexity index is 1240. The number of phenols is 1. The van der Waals surface area contributed by atoms with E-state index in [0.717, 1.165) is 49.0 Å². The van der Waals surface area contributed by atoms with Crippen molar-refractivity contribution in [3.8, 4) is 33.5 Å². The summed E-state index contributed by atoms with van der Waals surface area (Å²) in [6.07, 6.45) is 9.68. The van der Waals surface area contributed by atoms with Gasteiger partial charge in [-0.15, -0.1) is 21.5 Å². The molecule has 0 amide bonds. The third kappa shape index (κ3) is 3.90. The molecule has 3 aromatic rings. The second kappa shape index (κ2) is 8.58. The van der Waals surface area contributed by atoms with Crippen LogP contribution in [0, 0.1) is 23.2 Å². The molecule has 3 aliphatic carbocycles. The molecule has 174 valence electrons. The fraction of sp³-hybridized carbons (Fsp3) is 0.480. The average molecular weight is 477 g/mol. The lowest BCUT2D eigenvalue weighted by Gasteiger charge is -2.46. The highest BCUT2D eigenvalue weighted by Crippen LogP contribution is 2.46. The van der Waals surface area contributed by atoms with Gasteiger partial charge in [0.1, 0.15) is 23.7 Å². The first-order chi connectivity index (χ1) is 16.6. The van der Waals surface area contributed by atoms with Gasteiger partial charge in [-0.25, -0.2) is 14.4 Å². The number of fused-ring (bicyclic) bond motifs is 2. The Morgan fingerprint density at radius 2 is 1.97 bits per heavy atom. The summed E-state index contributed by atoms with van der Waals surface area (Å²) in [5.41, 5.74) is 1.76. The van der Waals surface area contributed by atoms with Gasteiger partial charge in [0.25, 0.3) is 0 Å². The molecule has 0 aliphatic heterocycles. The van der Waals surface area contributed by atoms with Gasteiger partial charge < -0.3 is 10.0 Å². The van der Waals surface area contributed by atoms with Crippen LogP contribution in [-0.4, -0.2) is 43.5 Å². The van der Waals surface area contributed by atoms with Crippen molar-refractivity contribution in [1.82, 2.24) is 20.2 Å². The largest absolute Gasteiger partial charge is 0.507 e. The number of hydrogen-bond acceptors (Lipinski definition) is 8. The first-order valence-corrected chi connectivity index (χ1v) is 12.7. The normalized spacial score (nSPS) is 26.1. The molecular formula is C25H25FN6OS. The highest BCUT2D eigenvalue weighted by molar-refractivity contribution is 7.15. The fourth-order valence-corrected chi connectivity index (χ4v) is 6.40. The van der Waals surface area contributed by atoms with E-state index in [1.165, 1.54) is 17.8 Å². The number of anilines is 1. The van der Waals surface area contributed by atoms with Gasteiger partial charge in [0.05, 0.1) is 17.1 Å². The lowest BCUT2D eigenvalue weighted by Crippen LogP contribution is -2.52. The topological polar surface area (TPSA) is 98.8 Å². The minimum atomic E-state index is -0.842. The van der Waals surface area contributed by atoms with Gasteiger partial charge in [-0.3, -0.25) is 0 Å². The zero-order valence-electron chi connectivity index (χ0n) is 18.6. The monoisotopic (exact) mass is 476 g/mol. The number of thiazole rings is 1. The smallest absolute Gasteiger partial charge is 0.245 e. The van der Waals surface area contributed by atoms with Crippen molar-refractivity contribution in [3.63, 3.8) is 0 Å². The Morgan fingerprint density at radius 3 is 2.68 bits per heavy atom. The third-order valence-corrected chi connectivity index (χ3v) is 8.40. The minimum Gasteiger partial charge on any atom is -0.507 e. The van der Waals surface area contributed by atoms with E-state index in [1.54, 1.807) is 24.5 Å². The summed E-state index contributed by atoms with van der Waals surface area (Å²) in [7, 11) is 0. The van der Waals surface area contributed by atoms with Crippen molar-refractivity contribution in [2.45, 2.75) is 63.2 Å². The van der Waals surface area contributed by atoms with E-state index in [1.807, 2.05) is 12.1 Å². The molecule has 2 bridgehead atoms. The van der Waals surface area contributed by atoms with Crippen molar-refractivity contribution in [2.24, 2.45) is 11.8 Å². The first-order valence-electron chi connectivity index (χ1n) is 11.9. The van der Waals surface area contributed by atoms with E-state index in [2.05, 4.69) is 25.1 Å². The van der Waals surface area contributed by atoms with E-state index in [4.69, 9.17) is 5.26 Å². The first kappa shape index (κ1) is 21.4. The maximum atomic E-state index is 15.5. The molecule has 1 N–H and O–H groups in total. The summed E-state index contributed by atoms with van der Waals surface area (Å²) in [4.78, 5) is 11.5. The summed E-state index contributed by atoms with van der Waals surface area (Å²) in [6.45, 7) is 0. The molecule has 0 unspecified atom stereocenters. The average Bonchev–Trinajstić information content (AvgIpc) is 3.57. The van der Waals surface area contributed by atoms with Crippen LogP contribution < -0.4 is 4.90 Å². The number of rotatable bonds is 5. The second-order valence-corrected chi connectivity index (χ2v) is 10.7. The number of aromatic hydroxyl groups is 1. The number of phenolic OH excluding ortho intramolecular Hbond substituents is 1. The van der Waals surface area contributed by atoms with E-state index in [9.17, 15) is 5.11 Å². The summed E-state index contributed by atoms with van der Waals surface area (Å²) in [5.74, 6) is 1.30. The van der Waals surface area contributed by atoms with Gasteiger partial charge in [-0.05, 0) is 61.6 Å². The van der Waals surface area contributed by atoms with Crippen LogP contribution in [-0.2, 0) is 0 Å². The van der Waals surface area contributed by atoms with Gasteiger partial charge in [-0.2, -0.15) is 5.26 Å². The zero-order chi connectivity index (χ0) is 23.2. The molecule has 4 atom stereocenters. The molecule has 9 heteroatoms. The quantitative estimate of drug-likeness (QED) is 0.545. The van der Waals surface area contributed by atoms with Crippen LogP contribution in [0.25, 0.3) is 21.7 Å². The fourth-order valence-electron chi connectivity index (χ4n) is 5.70. The molecule has 34 heavy (non-hydrogen) atoms. The number of aromatic nitrogens is 4. The van der Waals surface area contributed by atoms with E-state index in [0.29, 0.717) is 34.2 Å². The predicted molar refractivity (Wildman–Crippen MR) is 127 cm³/mol. The Labute approximate surface area is 201 Å². The SMILES string of the molecule is N#Cc1ncc(-c2ccc(-c3cnc(N(C4CC4)[C@H]4C[C@H]5CCC[C@H](C5)[C@H]4F)nn3)c(O)c2)s1. The summed E-state index contributed by atoms with van der Waals surface area (Å²) < 4.78 is 15.5. The summed E-state index contributed by atoms with van der Waals surface area (Å²) in [5, 5.41) is 28.8. The number of alkyl halides is 1. The van der Waals surface area contributed by atoms with Crippen molar-refractivity contribution in [1.29, 1.82) is 5.26 Å². The zero-order valence-corrected chi connectivity index (χ0v) is 19.5. The van der Waals surface area contributed by atoms with Gasteiger partial charge in [0.2, 0.25) is 5.95 Å². The molecule has 1 aromatic carbocycles. The van der Waals surface area contributed by atoms with Crippen LogP contribution >= 0.6 is 11.3 Å². The van der Waals surface area contributed by atoms with Crippen molar-refractivity contribution in [3.05, 3.63) is 35.6 Å². The van der Waals surface area contributed by atoms with Crippen LogP contribution in [0.3, 0.4) is 0 Å². The molecule has 2 aromatic heterocycles. The molecule has 0 spiro atoms. The Balaban J connectivity index is 1.25. The van der Waals surface area contributed by atoms with Crippen LogP contribution in [0.1, 0.15) is 50.0 Å². The molecule has 2 heterocycles. The van der Waals surface area contributed by atoms with Crippen LogP contribution in [0.15, 0.2) is 30.6 Å². The molecule has 3 aliphatic rings. The van der Waals surface area contributed by atoms with Gasteiger partial charge >= 0.3 is 0 Å². The second-order valence-electron chi connectivity index (χ2n) is 9.70. The van der Waals surface area contributed by atoms with Gasteiger partial charge in [-0.1, -0.05) is 18.9 Å². The summed E-state index contributed by atoms with van der Waals surface area (Å²) >= 11 is 1.27. The Kier molecular flexibility index (Phi) is 5.41. The predicted octanol–water partition coefficient (Wildman–Crippen LogP) is 5.12. The Hall–Kier alpha value is -3.12. The van der Waals surface area contributed by atoms with Gasteiger partial charge in [0.15, 0.2) is 5.01 Å². The minimum absolute atomic E-state index is 0.0521. The van der Waals surface area contributed by atoms with Crippen molar-refractivity contribution < 1.29 is 9.50 Å². The standard InChI is InChI=1S/C25H25FN6OS/c26-24-16-3-1-2-14(8-16)9-20(24)32(17-5-6-17)25-29-12-19(30-31-25)18-7-4-15(10-21(18)33)22-13-28-23(11-27)34-22/h4,7,10,12-14,16-17,20,24,33H,1-3,5-6,8-9H2/t14-,16+,20-,24+/m0/s1. The van der Waals surface area contributed by atoms with Crippen LogP contribution in [0.4, 0.5) is 10.3 Å². The third-order valence-electron chi connectivity index (χ3n) is 7.45. The highest BCUT2D eigenvalue weighted by Gasteiger charge is 2.47. The lowest BCUT2D eigenvalue weighted by molar-refractivity contribution is 0.0628.